The summed E-state index contributed by atoms with van der Waals surface area (Å²) in [7, 11) is 0. The van der Waals surface area contributed by atoms with E-state index in [1.807, 2.05) is 42.5 Å². The van der Waals surface area contributed by atoms with E-state index in [9.17, 15) is 0 Å². The molecule has 3 aromatic heterocycles. The van der Waals surface area contributed by atoms with Crippen molar-refractivity contribution in [1.29, 1.82) is 0 Å². The monoisotopic (exact) mass is 716 g/mol. The first-order valence-corrected chi connectivity index (χ1v) is 18.8. The fourth-order valence-corrected chi connectivity index (χ4v) is 8.09. The summed E-state index contributed by atoms with van der Waals surface area (Å²) in [4.78, 5) is 15.5. The average Bonchev–Trinajstić information content (AvgIpc) is 3.83. The van der Waals surface area contributed by atoms with E-state index in [1.54, 1.807) is 0 Å². The van der Waals surface area contributed by atoms with Crippen LogP contribution >= 0.6 is 0 Å². The molecule has 0 saturated heterocycles. The molecule has 11 rings (SSSR count). The Morgan fingerprint density at radius 3 is 1.75 bits per heavy atom. The molecule has 0 bridgehead atoms. The number of aromatic nitrogens is 4. The highest BCUT2D eigenvalue weighted by Gasteiger charge is 2.21. The summed E-state index contributed by atoms with van der Waals surface area (Å²) in [5, 5.41) is 4.46. The maximum absolute atomic E-state index is 6.62. The number of hydrogen-bond acceptors (Lipinski definition) is 4. The van der Waals surface area contributed by atoms with Gasteiger partial charge >= 0.3 is 0 Å². The number of nitrogens with zero attached hydrogens (tertiary/aromatic N) is 4. The first kappa shape index (κ1) is 31.9. The zero-order chi connectivity index (χ0) is 37.0. The summed E-state index contributed by atoms with van der Waals surface area (Å²) >= 11 is 0. The van der Waals surface area contributed by atoms with Crippen LogP contribution in [0.2, 0.25) is 0 Å². The van der Waals surface area contributed by atoms with Crippen LogP contribution in [0.3, 0.4) is 0 Å². The summed E-state index contributed by atoms with van der Waals surface area (Å²) in [6, 6.07) is 67.3. The molecular formula is C51H32N4O. The van der Waals surface area contributed by atoms with Gasteiger partial charge in [0.2, 0.25) is 0 Å². The van der Waals surface area contributed by atoms with Crippen molar-refractivity contribution in [3.8, 4) is 62.1 Å². The van der Waals surface area contributed by atoms with Gasteiger partial charge in [0, 0.05) is 50.0 Å². The van der Waals surface area contributed by atoms with Gasteiger partial charge in [-0.1, -0.05) is 152 Å². The third-order valence-electron chi connectivity index (χ3n) is 10.7. The van der Waals surface area contributed by atoms with Gasteiger partial charge in [0.25, 0.3) is 0 Å². The van der Waals surface area contributed by atoms with Crippen molar-refractivity contribution in [1.82, 2.24) is 19.5 Å². The van der Waals surface area contributed by atoms with E-state index in [4.69, 9.17) is 19.4 Å². The average molecular weight is 717 g/mol. The largest absolute Gasteiger partial charge is 0.456 e. The lowest BCUT2D eigenvalue weighted by Crippen LogP contribution is -2.02. The summed E-state index contributed by atoms with van der Waals surface area (Å²) in [6.07, 6.45) is 0. The minimum absolute atomic E-state index is 0.603. The Labute approximate surface area is 322 Å². The second-order valence-corrected chi connectivity index (χ2v) is 14.0. The molecule has 11 aromatic rings. The minimum atomic E-state index is 0.603. The maximum Gasteiger partial charge on any atom is 0.166 e. The molecule has 0 aliphatic carbocycles. The predicted octanol–water partition coefficient (Wildman–Crippen LogP) is 13.2. The van der Waals surface area contributed by atoms with E-state index in [0.717, 1.165) is 88.4 Å². The van der Waals surface area contributed by atoms with E-state index in [-0.39, 0.29) is 0 Å². The zero-order valence-electron chi connectivity index (χ0n) is 30.2. The van der Waals surface area contributed by atoms with Crippen molar-refractivity contribution >= 4 is 43.7 Å². The molecule has 5 heteroatoms. The van der Waals surface area contributed by atoms with Gasteiger partial charge in [0.1, 0.15) is 11.2 Å². The van der Waals surface area contributed by atoms with Gasteiger partial charge in [-0.05, 0) is 58.7 Å². The van der Waals surface area contributed by atoms with Crippen molar-refractivity contribution in [3.63, 3.8) is 0 Å². The molecule has 0 spiro atoms. The van der Waals surface area contributed by atoms with Gasteiger partial charge < -0.3 is 8.98 Å². The van der Waals surface area contributed by atoms with Crippen molar-refractivity contribution in [2.75, 3.05) is 0 Å². The number of benzene rings is 8. The summed E-state index contributed by atoms with van der Waals surface area (Å²) in [5.74, 6) is 1.84. The van der Waals surface area contributed by atoms with Gasteiger partial charge in [0.15, 0.2) is 17.5 Å². The van der Waals surface area contributed by atoms with Gasteiger partial charge in [0.05, 0.1) is 11.0 Å². The van der Waals surface area contributed by atoms with Crippen LogP contribution in [0.25, 0.3) is 106 Å². The van der Waals surface area contributed by atoms with Crippen LogP contribution in [0, 0.1) is 0 Å². The zero-order valence-corrected chi connectivity index (χ0v) is 30.2. The Bertz CT molecular complexity index is 3240. The van der Waals surface area contributed by atoms with Crippen molar-refractivity contribution in [3.05, 3.63) is 194 Å². The third-order valence-corrected chi connectivity index (χ3v) is 10.7. The number of hydrogen-bond donors (Lipinski definition) is 0. The van der Waals surface area contributed by atoms with Crippen LogP contribution in [0.1, 0.15) is 0 Å². The molecule has 8 aromatic carbocycles. The van der Waals surface area contributed by atoms with Crippen LogP contribution in [0.5, 0.6) is 0 Å². The van der Waals surface area contributed by atoms with Crippen molar-refractivity contribution in [2.24, 2.45) is 0 Å². The lowest BCUT2D eigenvalue weighted by atomic mass is 9.99. The fourth-order valence-electron chi connectivity index (χ4n) is 8.09. The standard InChI is InChI=1S/C51H32N4O/c1-4-15-33(16-5-1)36-21-12-22-37(31-36)50-52-49(35-19-8-3-9-20-35)53-51(54-50)43-26-13-25-41-40-23-10-11-27-44(40)55(48(41)43)38-29-30-42-46(32-38)56-45-28-14-24-39(47(42)45)34-17-6-2-7-18-34/h1-32H. The second kappa shape index (κ2) is 13.0. The number of rotatable bonds is 6. The molecule has 0 unspecified atom stereocenters. The van der Waals surface area contributed by atoms with Crippen LogP contribution in [0.4, 0.5) is 0 Å². The molecule has 262 valence electrons. The minimum Gasteiger partial charge on any atom is -0.456 e. The Hall–Kier alpha value is -7.63. The van der Waals surface area contributed by atoms with Crippen LogP contribution in [0.15, 0.2) is 199 Å². The molecule has 0 atom stereocenters. The summed E-state index contributed by atoms with van der Waals surface area (Å²) < 4.78 is 8.94. The molecule has 0 radical (unpaired) electrons. The molecule has 5 nitrogen and oxygen atoms in total. The van der Waals surface area contributed by atoms with Gasteiger partial charge in [-0.15, -0.1) is 0 Å². The Morgan fingerprint density at radius 2 is 0.946 bits per heavy atom. The summed E-state index contributed by atoms with van der Waals surface area (Å²) in [6.45, 7) is 0. The SMILES string of the molecule is c1ccc(-c2cccc(-c3nc(-c4ccccc4)nc(-c4cccc5c6ccccc6n(-c6ccc7c(c6)oc6cccc(-c8ccccc8)c67)c45)n3)c2)cc1. The van der Waals surface area contributed by atoms with E-state index in [2.05, 4.69) is 156 Å². The van der Waals surface area contributed by atoms with E-state index < -0.39 is 0 Å². The molecule has 0 aliphatic rings. The highest BCUT2D eigenvalue weighted by atomic mass is 16.3. The molecule has 0 fully saturated rings. The number of fused-ring (bicyclic) bond motifs is 6. The number of para-hydroxylation sites is 2. The second-order valence-electron chi connectivity index (χ2n) is 14.0. The topological polar surface area (TPSA) is 56.7 Å². The lowest BCUT2D eigenvalue weighted by molar-refractivity contribution is 0.668. The molecule has 0 amide bonds. The molecule has 3 heterocycles. The fraction of sp³-hybridized carbons (Fsp3) is 0. The normalized spacial score (nSPS) is 11.6. The number of furan rings is 1. The highest BCUT2D eigenvalue weighted by Crippen LogP contribution is 2.41. The first-order chi connectivity index (χ1) is 27.8. The van der Waals surface area contributed by atoms with Crippen LogP contribution < -0.4 is 0 Å². The quantitative estimate of drug-likeness (QED) is 0.172. The first-order valence-electron chi connectivity index (χ1n) is 18.8. The maximum atomic E-state index is 6.62. The molecule has 0 aliphatic heterocycles. The Kier molecular flexibility index (Phi) is 7.42. The van der Waals surface area contributed by atoms with E-state index in [1.165, 1.54) is 0 Å². The molecule has 0 saturated carbocycles. The smallest absolute Gasteiger partial charge is 0.166 e. The Morgan fingerprint density at radius 1 is 0.357 bits per heavy atom. The highest BCUT2D eigenvalue weighted by molar-refractivity contribution is 6.15. The van der Waals surface area contributed by atoms with E-state index in [0.29, 0.717) is 17.5 Å². The Balaban J connectivity index is 1.14. The molecular weight excluding hydrogens is 685 g/mol. The molecule has 0 N–H and O–H groups in total. The van der Waals surface area contributed by atoms with E-state index >= 15 is 0 Å². The van der Waals surface area contributed by atoms with Crippen molar-refractivity contribution < 1.29 is 4.42 Å². The lowest BCUT2D eigenvalue weighted by Gasteiger charge is -2.13. The predicted molar refractivity (Wildman–Crippen MR) is 229 cm³/mol. The van der Waals surface area contributed by atoms with Crippen LogP contribution in [-0.4, -0.2) is 19.5 Å². The molecule has 56 heavy (non-hydrogen) atoms. The van der Waals surface area contributed by atoms with Gasteiger partial charge in [-0.2, -0.15) is 0 Å². The third kappa shape index (κ3) is 5.29. The van der Waals surface area contributed by atoms with Gasteiger partial charge in [-0.3, -0.25) is 0 Å². The van der Waals surface area contributed by atoms with Gasteiger partial charge in [-0.25, -0.2) is 15.0 Å². The summed E-state index contributed by atoms with van der Waals surface area (Å²) in [5.41, 5.74) is 12.1. The van der Waals surface area contributed by atoms with Crippen molar-refractivity contribution in [2.45, 2.75) is 0 Å². The van der Waals surface area contributed by atoms with Crippen LogP contribution in [-0.2, 0) is 0 Å².